The molecule has 0 radical (unpaired) electrons. The zero-order valence-corrected chi connectivity index (χ0v) is 14.2. The summed E-state index contributed by atoms with van der Waals surface area (Å²) in [6, 6.07) is 0.517. The largest absolute Gasteiger partial charge is 0.313 e. The van der Waals surface area contributed by atoms with E-state index in [1.165, 1.54) is 18.5 Å². The van der Waals surface area contributed by atoms with Gasteiger partial charge >= 0.3 is 0 Å². The summed E-state index contributed by atoms with van der Waals surface area (Å²) in [6.07, 6.45) is 3.47. The van der Waals surface area contributed by atoms with Gasteiger partial charge in [0.25, 0.3) is 0 Å². The van der Waals surface area contributed by atoms with Gasteiger partial charge in [0.05, 0.1) is 16.4 Å². The second-order valence-electron chi connectivity index (χ2n) is 6.73. The summed E-state index contributed by atoms with van der Waals surface area (Å²) in [6.45, 7) is 13.0. The fraction of sp³-hybridized carbons (Fsp3) is 0.812. The first-order valence-corrected chi connectivity index (χ1v) is 8.23. The monoisotopic (exact) mass is 297 g/mol. The Labute approximate surface area is 128 Å². The lowest BCUT2D eigenvalue weighted by Crippen LogP contribution is -2.36. The summed E-state index contributed by atoms with van der Waals surface area (Å²) < 4.78 is 2.06. The second-order valence-corrected chi connectivity index (χ2v) is 7.10. The number of hydrogen-bond acceptors (Lipinski definition) is 2. The van der Waals surface area contributed by atoms with E-state index in [9.17, 15) is 0 Å². The van der Waals surface area contributed by atoms with Gasteiger partial charge in [0, 0.05) is 19.0 Å². The molecule has 0 aliphatic heterocycles. The molecule has 2 rings (SSSR count). The molecule has 2 unspecified atom stereocenters. The van der Waals surface area contributed by atoms with E-state index in [0.29, 0.717) is 11.5 Å². The zero-order valence-electron chi connectivity index (χ0n) is 13.5. The minimum atomic E-state index is 0.476. The van der Waals surface area contributed by atoms with Crippen molar-refractivity contribution in [2.24, 2.45) is 11.3 Å². The van der Waals surface area contributed by atoms with Crippen LogP contribution >= 0.6 is 11.6 Å². The molecule has 0 aromatic carbocycles. The van der Waals surface area contributed by atoms with E-state index < -0.39 is 0 Å². The lowest BCUT2D eigenvalue weighted by Gasteiger charge is -2.21. The second kappa shape index (κ2) is 6.07. The SMILES string of the molecule is CCCNC(Cc1c(Cl)c(C)nn1CC)C1CC1(C)C. The lowest BCUT2D eigenvalue weighted by atomic mass is 9.99. The highest BCUT2D eigenvalue weighted by atomic mass is 35.5. The number of rotatable bonds is 7. The molecular formula is C16H28ClN3. The van der Waals surface area contributed by atoms with Crippen molar-refractivity contribution in [3.05, 3.63) is 16.4 Å². The molecule has 4 heteroatoms. The van der Waals surface area contributed by atoms with Crippen LogP contribution in [0.2, 0.25) is 5.02 Å². The Bertz CT molecular complexity index is 465. The van der Waals surface area contributed by atoms with Gasteiger partial charge in [0.15, 0.2) is 0 Å². The van der Waals surface area contributed by atoms with Crippen molar-refractivity contribution in [1.82, 2.24) is 15.1 Å². The van der Waals surface area contributed by atoms with E-state index in [1.54, 1.807) is 0 Å². The van der Waals surface area contributed by atoms with Crippen LogP contribution in [-0.2, 0) is 13.0 Å². The Hall–Kier alpha value is -0.540. The minimum Gasteiger partial charge on any atom is -0.313 e. The number of nitrogens with zero attached hydrogens (tertiary/aromatic N) is 2. The number of hydrogen-bond donors (Lipinski definition) is 1. The van der Waals surface area contributed by atoms with Crippen LogP contribution in [0.1, 0.15) is 51.9 Å². The Morgan fingerprint density at radius 3 is 2.60 bits per heavy atom. The van der Waals surface area contributed by atoms with Crippen LogP contribution < -0.4 is 5.32 Å². The molecule has 2 atom stereocenters. The topological polar surface area (TPSA) is 29.9 Å². The van der Waals surface area contributed by atoms with Crippen LogP contribution in [0.3, 0.4) is 0 Å². The van der Waals surface area contributed by atoms with E-state index in [2.05, 4.69) is 42.8 Å². The highest BCUT2D eigenvalue weighted by molar-refractivity contribution is 6.31. The van der Waals surface area contributed by atoms with Crippen molar-refractivity contribution < 1.29 is 0 Å². The van der Waals surface area contributed by atoms with Crippen LogP contribution in [-0.4, -0.2) is 22.4 Å². The van der Waals surface area contributed by atoms with Crippen molar-refractivity contribution in [2.45, 2.75) is 66.5 Å². The number of aryl methyl sites for hydroxylation is 2. The van der Waals surface area contributed by atoms with Crippen LogP contribution in [0.4, 0.5) is 0 Å². The molecule has 1 saturated carbocycles. The van der Waals surface area contributed by atoms with Gasteiger partial charge in [-0.05, 0) is 44.6 Å². The van der Waals surface area contributed by atoms with E-state index in [1.807, 2.05) is 6.92 Å². The van der Waals surface area contributed by atoms with Crippen LogP contribution in [0, 0.1) is 18.3 Å². The molecule has 20 heavy (non-hydrogen) atoms. The lowest BCUT2D eigenvalue weighted by molar-refractivity contribution is 0.393. The minimum absolute atomic E-state index is 0.476. The van der Waals surface area contributed by atoms with Crippen molar-refractivity contribution in [2.75, 3.05) is 6.54 Å². The first-order valence-electron chi connectivity index (χ1n) is 7.85. The third kappa shape index (κ3) is 3.20. The average Bonchev–Trinajstić information content (AvgIpc) is 2.95. The fourth-order valence-electron chi connectivity index (χ4n) is 3.15. The molecule has 1 fully saturated rings. The Morgan fingerprint density at radius 2 is 2.10 bits per heavy atom. The Morgan fingerprint density at radius 1 is 1.45 bits per heavy atom. The zero-order chi connectivity index (χ0) is 14.9. The maximum absolute atomic E-state index is 6.46. The first kappa shape index (κ1) is 15.8. The third-order valence-electron chi connectivity index (χ3n) is 4.60. The fourth-order valence-corrected chi connectivity index (χ4v) is 3.37. The highest BCUT2D eigenvalue weighted by Gasteiger charge is 2.50. The van der Waals surface area contributed by atoms with E-state index in [0.717, 1.165) is 36.1 Å². The van der Waals surface area contributed by atoms with Gasteiger partial charge in [0.1, 0.15) is 0 Å². The van der Waals surface area contributed by atoms with Gasteiger partial charge in [0.2, 0.25) is 0 Å². The van der Waals surface area contributed by atoms with Crippen molar-refractivity contribution >= 4 is 11.6 Å². The van der Waals surface area contributed by atoms with Gasteiger partial charge in [-0.2, -0.15) is 5.10 Å². The van der Waals surface area contributed by atoms with Crippen molar-refractivity contribution in [3.63, 3.8) is 0 Å². The van der Waals surface area contributed by atoms with E-state index in [-0.39, 0.29) is 0 Å². The molecule has 1 N–H and O–H groups in total. The van der Waals surface area contributed by atoms with Gasteiger partial charge in [-0.3, -0.25) is 4.68 Å². The molecule has 3 nitrogen and oxygen atoms in total. The summed E-state index contributed by atoms with van der Waals surface area (Å²) in [5.74, 6) is 0.755. The van der Waals surface area contributed by atoms with Gasteiger partial charge in [-0.25, -0.2) is 0 Å². The molecule has 114 valence electrons. The normalized spacial score (nSPS) is 22.0. The average molecular weight is 298 g/mol. The summed E-state index contributed by atoms with van der Waals surface area (Å²) in [5.41, 5.74) is 2.63. The summed E-state index contributed by atoms with van der Waals surface area (Å²) in [7, 11) is 0. The van der Waals surface area contributed by atoms with Crippen molar-refractivity contribution in [3.8, 4) is 0 Å². The van der Waals surface area contributed by atoms with Gasteiger partial charge < -0.3 is 5.32 Å². The van der Waals surface area contributed by atoms with Crippen molar-refractivity contribution in [1.29, 1.82) is 0 Å². The first-order chi connectivity index (χ1) is 9.40. The molecule has 1 aliphatic rings. The van der Waals surface area contributed by atoms with E-state index in [4.69, 9.17) is 11.6 Å². The summed E-state index contributed by atoms with van der Waals surface area (Å²) >= 11 is 6.46. The predicted octanol–water partition coefficient (Wildman–Crippen LogP) is 3.82. The quantitative estimate of drug-likeness (QED) is 0.829. The molecule has 0 bridgehead atoms. The summed E-state index contributed by atoms with van der Waals surface area (Å²) in [5, 5.41) is 9.11. The maximum Gasteiger partial charge on any atom is 0.0847 e. The molecule has 1 heterocycles. The molecular weight excluding hydrogens is 270 g/mol. The van der Waals surface area contributed by atoms with Gasteiger partial charge in [-0.15, -0.1) is 0 Å². The molecule has 0 saturated heterocycles. The molecule has 0 spiro atoms. The smallest absolute Gasteiger partial charge is 0.0847 e. The Balaban J connectivity index is 2.15. The van der Waals surface area contributed by atoms with E-state index >= 15 is 0 Å². The molecule has 1 aromatic rings. The number of nitrogens with one attached hydrogen (secondary N) is 1. The summed E-state index contributed by atoms with van der Waals surface area (Å²) in [4.78, 5) is 0. The predicted molar refractivity (Wildman–Crippen MR) is 85.3 cm³/mol. The number of halogens is 1. The van der Waals surface area contributed by atoms with Crippen LogP contribution in [0.15, 0.2) is 0 Å². The maximum atomic E-state index is 6.46. The third-order valence-corrected chi connectivity index (χ3v) is 5.09. The highest BCUT2D eigenvalue weighted by Crippen LogP contribution is 2.54. The van der Waals surface area contributed by atoms with Crippen LogP contribution in [0.25, 0.3) is 0 Å². The molecule has 1 aromatic heterocycles. The number of aromatic nitrogens is 2. The van der Waals surface area contributed by atoms with Gasteiger partial charge in [-0.1, -0.05) is 32.4 Å². The molecule has 1 aliphatic carbocycles. The standard InChI is InChI=1S/C16H28ClN3/c1-6-8-18-13(12-10-16(12,4)5)9-14-15(17)11(3)19-20(14)7-2/h12-13,18H,6-10H2,1-5H3. The Kier molecular flexibility index (Phi) is 4.80. The van der Waals surface area contributed by atoms with Crippen LogP contribution in [0.5, 0.6) is 0 Å². The molecule has 0 amide bonds.